The molecule has 0 unspecified atom stereocenters. The zero-order valence-electron chi connectivity index (χ0n) is 64.9. The largest absolute Gasteiger partial charge is 0.455 e. The summed E-state index contributed by atoms with van der Waals surface area (Å²) in [7, 11) is 0. The molecule has 17 aromatic carbocycles. The van der Waals surface area contributed by atoms with Crippen molar-refractivity contribution in [3.8, 4) is 85.1 Å². The minimum absolute atomic E-state index is 0.631. The maximum Gasteiger partial charge on any atom is 0.235 e. The van der Waals surface area contributed by atoms with Gasteiger partial charge in [-0.2, -0.15) is 0 Å². The topological polar surface area (TPSA) is 89.4 Å². The molecule has 0 bridgehead atoms. The van der Waals surface area contributed by atoms with Gasteiger partial charge in [-0.1, -0.05) is 303 Å². The van der Waals surface area contributed by atoms with Crippen LogP contribution in [-0.4, -0.2) is 42.8 Å². The minimum atomic E-state index is 0.631. The maximum absolute atomic E-state index is 6.45. The van der Waals surface area contributed by atoms with Crippen LogP contribution in [0.5, 0.6) is 0 Å². The second-order valence-electron chi connectivity index (χ2n) is 30.4. The molecule has 0 spiro atoms. The Kier molecular flexibility index (Phi) is 16.7. The number of furan rings is 1. The average Bonchev–Trinajstić information content (AvgIpc) is 1.57. The molecule has 0 amide bonds. The highest BCUT2D eigenvalue weighted by Crippen LogP contribution is 2.44. The van der Waals surface area contributed by atoms with Gasteiger partial charge in [-0.15, -0.1) is 0 Å². The summed E-state index contributed by atoms with van der Waals surface area (Å²) < 4.78 is 18.0. The molecule has 120 heavy (non-hydrogen) atoms. The highest BCUT2D eigenvalue weighted by Gasteiger charge is 2.25. The molecule has 8 heterocycles. The lowest BCUT2D eigenvalue weighted by Crippen LogP contribution is -2.04. The summed E-state index contributed by atoms with van der Waals surface area (Å²) in [6.45, 7) is 0. The number of aromatic nitrogens is 9. The van der Waals surface area contributed by atoms with E-state index in [4.69, 9.17) is 24.4 Å². The van der Waals surface area contributed by atoms with E-state index in [2.05, 4.69) is 381 Å². The Bertz CT molecular complexity index is 8100. The van der Waals surface area contributed by atoms with E-state index in [0.717, 1.165) is 117 Å². The number of fused-ring (bicyclic) bond motifs is 19. The van der Waals surface area contributed by atoms with Gasteiger partial charge in [0, 0.05) is 98.6 Å². The number of nitrogens with zero attached hydrogens (tertiary/aromatic N) is 9. The van der Waals surface area contributed by atoms with Gasteiger partial charge in [-0.05, 0) is 139 Å². The van der Waals surface area contributed by atoms with E-state index in [1.807, 2.05) is 72.8 Å². The van der Waals surface area contributed by atoms with Crippen LogP contribution in [0.2, 0.25) is 0 Å². The highest BCUT2D eigenvalue weighted by atomic mass is 16.3. The quantitative estimate of drug-likeness (QED) is 0.136. The Balaban J connectivity index is 0.000000106. The summed E-state index contributed by atoms with van der Waals surface area (Å²) in [4.78, 5) is 20.5. The van der Waals surface area contributed by atoms with Gasteiger partial charge in [-0.25, -0.2) is 19.9 Å². The summed E-state index contributed by atoms with van der Waals surface area (Å²) in [5.41, 5.74) is 26.9. The van der Waals surface area contributed by atoms with Gasteiger partial charge in [0.15, 0.2) is 0 Å². The van der Waals surface area contributed by atoms with Crippen LogP contribution in [-0.2, 0) is 0 Å². The van der Waals surface area contributed by atoms with Crippen LogP contribution in [0.3, 0.4) is 0 Å². The van der Waals surface area contributed by atoms with Crippen molar-refractivity contribution in [2.24, 2.45) is 0 Å². The fourth-order valence-corrected chi connectivity index (χ4v) is 18.1. The zero-order valence-corrected chi connectivity index (χ0v) is 64.9. The number of hydrogen-bond donors (Lipinski definition) is 0. The van der Waals surface area contributed by atoms with Gasteiger partial charge in [0.1, 0.15) is 11.2 Å². The van der Waals surface area contributed by atoms with E-state index >= 15 is 0 Å². The maximum atomic E-state index is 6.45. The first kappa shape index (κ1) is 69.2. The first-order valence-electron chi connectivity index (χ1n) is 40.6. The van der Waals surface area contributed by atoms with Crippen LogP contribution in [0.25, 0.3) is 216 Å². The van der Waals surface area contributed by atoms with Crippen molar-refractivity contribution in [2.75, 3.05) is 0 Å². The van der Waals surface area contributed by atoms with Crippen molar-refractivity contribution in [2.45, 2.75) is 0 Å². The molecule has 0 aliphatic rings. The van der Waals surface area contributed by atoms with Gasteiger partial charge >= 0.3 is 0 Å². The van der Waals surface area contributed by atoms with E-state index in [9.17, 15) is 0 Å². The number of hydrogen-bond acceptors (Lipinski definition) is 5. The first-order valence-corrected chi connectivity index (χ1v) is 40.6. The van der Waals surface area contributed by atoms with Gasteiger partial charge in [-0.3, -0.25) is 9.13 Å². The first-order chi connectivity index (χ1) is 59.5. The molecule has 25 rings (SSSR count). The molecule has 10 heteroatoms. The third-order valence-electron chi connectivity index (χ3n) is 23.5. The lowest BCUT2D eigenvalue weighted by Gasteiger charge is -2.12. The average molecular weight is 1530 g/mol. The summed E-state index contributed by atoms with van der Waals surface area (Å²) in [5, 5.41) is 14.4. The lowest BCUT2D eigenvalue weighted by molar-refractivity contribution is 0.673. The van der Waals surface area contributed by atoms with Gasteiger partial charge in [0.05, 0.1) is 83.3 Å². The summed E-state index contributed by atoms with van der Waals surface area (Å²) in [6, 6.07) is 151. The lowest BCUT2D eigenvalue weighted by atomic mass is 10.0. The Labute approximate surface area is 689 Å². The predicted octanol–water partition coefficient (Wildman–Crippen LogP) is 28.4. The fourth-order valence-electron chi connectivity index (χ4n) is 18.1. The minimum Gasteiger partial charge on any atom is -0.455 e. The highest BCUT2D eigenvalue weighted by molar-refractivity contribution is 6.24. The Morgan fingerprint density at radius 2 is 0.475 bits per heavy atom. The summed E-state index contributed by atoms with van der Waals surface area (Å²) in [6.07, 6.45) is 0. The van der Waals surface area contributed by atoms with E-state index in [-0.39, 0.29) is 0 Å². The second kappa shape index (κ2) is 28.9. The SMILES string of the molecule is c1ccc(-c2cc(-c3ccccc3)nc(-n3c4ccccc4c4c5oc6ccccc6c5ccc43)n2)cc1.c1ccc(-c2cccc(-c3cc(-c4ccccc4)nc(-n4c5ccccc5c5ccccc54)n3)c2)cc1.c1ccc(-n2c3ccccc3c3cc4c5ccccc5n(-c5ccc(-n6c7ccccc7c7ccccc76)cc5)c4cc32)cc1. The molecule has 0 fully saturated rings. The zero-order chi connectivity index (χ0) is 79.1. The number of para-hydroxylation sites is 9. The van der Waals surface area contributed by atoms with Gasteiger partial charge < -0.3 is 18.1 Å². The van der Waals surface area contributed by atoms with Crippen LogP contribution < -0.4 is 0 Å². The molecule has 0 aliphatic heterocycles. The molecule has 0 radical (unpaired) electrons. The number of benzene rings is 17. The molecule has 0 aliphatic carbocycles. The van der Waals surface area contributed by atoms with Crippen molar-refractivity contribution >= 4 is 131 Å². The van der Waals surface area contributed by atoms with Crippen LogP contribution in [0, 0.1) is 0 Å². The normalized spacial score (nSPS) is 11.7. The third-order valence-corrected chi connectivity index (χ3v) is 23.5. The van der Waals surface area contributed by atoms with Crippen molar-refractivity contribution in [1.82, 2.24) is 42.8 Å². The molecule has 0 atom stereocenters. The molecule has 8 aromatic heterocycles. The molecule has 10 nitrogen and oxygen atoms in total. The molecular weight excluding hydrogens is 1460 g/mol. The van der Waals surface area contributed by atoms with E-state index < -0.39 is 0 Å². The molecular formula is C110H71N9O. The van der Waals surface area contributed by atoms with E-state index in [1.54, 1.807) is 0 Å². The molecule has 0 N–H and O–H groups in total. The monoisotopic (exact) mass is 1530 g/mol. The summed E-state index contributed by atoms with van der Waals surface area (Å²) >= 11 is 0. The molecule has 562 valence electrons. The Hall–Kier alpha value is -16.3. The second-order valence-corrected chi connectivity index (χ2v) is 30.4. The van der Waals surface area contributed by atoms with Crippen molar-refractivity contribution in [3.63, 3.8) is 0 Å². The predicted molar refractivity (Wildman–Crippen MR) is 497 cm³/mol. The van der Waals surface area contributed by atoms with E-state index in [0.29, 0.717) is 11.9 Å². The van der Waals surface area contributed by atoms with Crippen LogP contribution >= 0.6 is 0 Å². The van der Waals surface area contributed by atoms with Crippen molar-refractivity contribution in [3.05, 3.63) is 431 Å². The molecule has 0 saturated carbocycles. The van der Waals surface area contributed by atoms with Crippen molar-refractivity contribution in [1.29, 1.82) is 0 Å². The fraction of sp³-hybridized carbons (Fsp3) is 0. The van der Waals surface area contributed by atoms with Crippen LogP contribution in [0.1, 0.15) is 0 Å². The van der Waals surface area contributed by atoms with Gasteiger partial charge in [0.2, 0.25) is 11.9 Å². The standard InChI is InChI=1S/C42H27N3.C34H21N3O.C34H23N3/c1-2-12-28(13-3-1)44-39-20-10-6-16-33(39)35-26-36-34-17-7-11-21-40(34)45(42(36)27-41(35)44)30-24-22-29(23-25-30)43-37-18-8-4-14-31(37)32-15-5-9-19-38(32)43;1-3-11-22(12-4-1)27-21-28(23-13-5-2-6-14-23)36-34(35-27)37-29-17-9-7-16-26(29)32-30(37)20-19-25-24-15-8-10-18-31(24)38-33(25)32;1-3-12-24(13-4-1)26-16-11-17-27(22-26)31-23-30(25-14-5-2-6-15-25)35-34(36-31)37-32-20-9-7-18-28(32)29-19-8-10-21-33(29)37/h1-27H;1-21H;1-23H. The molecule has 0 saturated heterocycles. The van der Waals surface area contributed by atoms with E-state index in [1.165, 1.54) is 87.4 Å². The number of rotatable bonds is 10. The molecule has 25 aromatic rings. The van der Waals surface area contributed by atoms with Crippen LogP contribution in [0.4, 0.5) is 0 Å². The van der Waals surface area contributed by atoms with Crippen molar-refractivity contribution < 1.29 is 4.42 Å². The smallest absolute Gasteiger partial charge is 0.235 e. The third kappa shape index (κ3) is 11.7. The Morgan fingerprint density at radius 3 is 0.917 bits per heavy atom. The van der Waals surface area contributed by atoms with Crippen LogP contribution in [0.15, 0.2) is 435 Å². The van der Waals surface area contributed by atoms with Gasteiger partial charge in [0.25, 0.3) is 0 Å². The Morgan fingerprint density at radius 1 is 0.167 bits per heavy atom. The summed E-state index contributed by atoms with van der Waals surface area (Å²) in [5.74, 6) is 1.30.